The highest BCUT2D eigenvalue weighted by Crippen LogP contribution is 2.54. The number of nitrogens with one attached hydrogen (secondary N) is 1. The van der Waals surface area contributed by atoms with Crippen LogP contribution in [-0.2, 0) is 0 Å². The minimum Gasteiger partial charge on any atom is -0.508 e. The third-order valence-electron chi connectivity index (χ3n) is 4.88. The molecule has 5 heteroatoms. The topological polar surface area (TPSA) is 49.3 Å². The van der Waals surface area contributed by atoms with Crippen LogP contribution in [0.1, 0.15) is 26.7 Å². The quantitative estimate of drug-likeness (QED) is 0.490. The van der Waals surface area contributed by atoms with E-state index in [1.54, 1.807) is 23.9 Å². The van der Waals surface area contributed by atoms with E-state index in [0.29, 0.717) is 11.1 Å². The van der Waals surface area contributed by atoms with Crippen molar-refractivity contribution in [2.75, 3.05) is 5.32 Å². The first kappa shape index (κ1) is 16.7. The Morgan fingerprint density at radius 1 is 0.963 bits per heavy atom. The van der Waals surface area contributed by atoms with E-state index >= 15 is 0 Å². The van der Waals surface area contributed by atoms with E-state index < -0.39 is 0 Å². The van der Waals surface area contributed by atoms with Gasteiger partial charge in [-0.15, -0.1) is 11.8 Å². The number of Topliss-reactive ketones (excluding diaryl/α,β-unsaturated/α-hetero) is 1. The summed E-state index contributed by atoms with van der Waals surface area (Å²) in [6.45, 7) is 0. The Kier molecular flexibility index (Phi) is 3.88. The zero-order chi connectivity index (χ0) is 18.5. The average Bonchev–Trinajstić information content (AvgIpc) is 2.85. The van der Waals surface area contributed by atoms with Crippen LogP contribution in [0.15, 0.2) is 81.7 Å². The Hall–Kier alpha value is -2.50. The zero-order valence-corrected chi connectivity index (χ0v) is 16.5. The molecule has 2 N–H and O–H groups in total. The summed E-state index contributed by atoms with van der Waals surface area (Å²) in [5.74, 6) is 0.198. The number of benzene rings is 3. The standard InChI is InChI=1S/C22H14BrNO2S/c23-12-9-10-17(25)15(11-12)22-19-20(13-5-1-2-6-14(13)21(19)26)24-16-7-3-4-8-18(16)27-22/h1-11,22,24-25H. The lowest BCUT2D eigenvalue weighted by Gasteiger charge is -2.18. The molecule has 1 aliphatic carbocycles. The number of hydrogen-bond donors (Lipinski definition) is 2. The van der Waals surface area contributed by atoms with Crippen LogP contribution in [-0.4, -0.2) is 10.9 Å². The molecule has 0 bridgehead atoms. The normalized spacial score (nSPS) is 17.7. The van der Waals surface area contributed by atoms with E-state index in [2.05, 4.69) is 21.2 Å². The summed E-state index contributed by atoms with van der Waals surface area (Å²) in [5, 5.41) is 13.7. The van der Waals surface area contributed by atoms with Crippen molar-refractivity contribution in [2.24, 2.45) is 0 Å². The second-order valence-corrected chi connectivity index (χ2v) is 8.55. The van der Waals surface area contributed by atoms with Crippen LogP contribution in [0.2, 0.25) is 0 Å². The van der Waals surface area contributed by atoms with E-state index in [1.165, 1.54) is 0 Å². The fourth-order valence-electron chi connectivity index (χ4n) is 3.64. The summed E-state index contributed by atoms with van der Waals surface area (Å²) < 4.78 is 0.867. The first-order valence-electron chi connectivity index (χ1n) is 8.53. The highest BCUT2D eigenvalue weighted by atomic mass is 79.9. The van der Waals surface area contributed by atoms with Crippen molar-refractivity contribution in [3.05, 3.63) is 93.5 Å². The Labute approximate surface area is 169 Å². The Morgan fingerprint density at radius 2 is 1.70 bits per heavy atom. The lowest BCUT2D eigenvalue weighted by atomic mass is 10.00. The molecule has 0 saturated heterocycles. The minimum atomic E-state index is -0.312. The third-order valence-corrected chi connectivity index (χ3v) is 6.71. The number of hydrogen-bond acceptors (Lipinski definition) is 4. The molecular weight excluding hydrogens is 422 g/mol. The molecule has 1 atom stereocenters. The molecule has 1 unspecified atom stereocenters. The SMILES string of the molecule is O=C1C2=C(Nc3ccccc3SC2c2cc(Br)ccc2O)c2ccccc21. The van der Waals surface area contributed by atoms with Crippen LogP contribution >= 0.6 is 27.7 Å². The molecule has 3 nitrogen and oxygen atoms in total. The molecule has 3 aromatic rings. The molecule has 0 fully saturated rings. The predicted octanol–water partition coefficient (Wildman–Crippen LogP) is 6.02. The van der Waals surface area contributed by atoms with Gasteiger partial charge in [-0.25, -0.2) is 0 Å². The number of fused-ring (bicyclic) bond motifs is 3. The van der Waals surface area contributed by atoms with Gasteiger partial charge in [0.25, 0.3) is 0 Å². The number of anilines is 1. The van der Waals surface area contributed by atoms with Crippen molar-refractivity contribution in [3.63, 3.8) is 0 Å². The Balaban J connectivity index is 1.78. The largest absolute Gasteiger partial charge is 0.508 e. The number of phenols is 1. The fourth-order valence-corrected chi connectivity index (χ4v) is 5.33. The van der Waals surface area contributed by atoms with Crippen LogP contribution in [0, 0.1) is 0 Å². The molecule has 3 aromatic carbocycles. The van der Waals surface area contributed by atoms with Crippen molar-refractivity contribution >= 4 is 44.9 Å². The summed E-state index contributed by atoms with van der Waals surface area (Å²) in [6.07, 6.45) is 0. The van der Waals surface area contributed by atoms with Gasteiger partial charge in [0.05, 0.1) is 16.6 Å². The van der Waals surface area contributed by atoms with Crippen molar-refractivity contribution in [2.45, 2.75) is 10.1 Å². The van der Waals surface area contributed by atoms with E-state index in [1.807, 2.05) is 54.6 Å². The van der Waals surface area contributed by atoms with Crippen molar-refractivity contribution in [3.8, 4) is 5.75 Å². The maximum absolute atomic E-state index is 13.3. The highest BCUT2D eigenvalue weighted by molar-refractivity contribution is 9.10. The zero-order valence-electron chi connectivity index (χ0n) is 14.1. The summed E-state index contributed by atoms with van der Waals surface area (Å²) in [5.41, 5.74) is 4.82. The maximum Gasteiger partial charge on any atom is 0.193 e. The lowest BCUT2D eigenvalue weighted by Crippen LogP contribution is -2.08. The summed E-state index contributed by atoms with van der Waals surface area (Å²) in [6, 6.07) is 21.0. The fraction of sp³-hybridized carbons (Fsp3) is 0.0455. The van der Waals surface area contributed by atoms with Crippen molar-refractivity contribution in [1.29, 1.82) is 0 Å². The van der Waals surface area contributed by atoms with Crippen LogP contribution in [0.25, 0.3) is 5.70 Å². The number of rotatable bonds is 1. The van der Waals surface area contributed by atoms with Gasteiger partial charge in [0.1, 0.15) is 5.75 Å². The van der Waals surface area contributed by atoms with Gasteiger partial charge in [-0.05, 0) is 30.3 Å². The predicted molar refractivity (Wildman–Crippen MR) is 112 cm³/mol. The molecule has 0 saturated carbocycles. The van der Waals surface area contributed by atoms with Gasteiger partial charge < -0.3 is 10.4 Å². The van der Waals surface area contributed by atoms with Crippen LogP contribution < -0.4 is 5.32 Å². The molecule has 132 valence electrons. The van der Waals surface area contributed by atoms with Crippen LogP contribution in [0.3, 0.4) is 0 Å². The summed E-state index contributed by atoms with van der Waals surface area (Å²) in [4.78, 5) is 14.4. The summed E-state index contributed by atoms with van der Waals surface area (Å²) >= 11 is 5.08. The van der Waals surface area contributed by atoms with Gasteiger partial charge in [0, 0.05) is 31.6 Å². The first-order valence-corrected chi connectivity index (χ1v) is 10.2. The molecule has 0 spiro atoms. The number of para-hydroxylation sites is 1. The Bertz CT molecular complexity index is 1140. The summed E-state index contributed by atoms with van der Waals surface area (Å²) in [7, 11) is 0. The van der Waals surface area contributed by atoms with E-state index in [0.717, 1.165) is 31.9 Å². The average molecular weight is 436 g/mol. The smallest absolute Gasteiger partial charge is 0.193 e. The number of thioether (sulfide) groups is 1. The van der Waals surface area contributed by atoms with Gasteiger partial charge in [-0.2, -0.15) is 0 Å². The van der Waals surface area contributed by atoms with Gasteiger partial charge in [-0.1, -0.05) is 52.3 Å². The maximum atomic E-state index is 13.3. The molecular formula is C22H14BrNO2S. The molecule has 2 aliphatic rings. The number of aromatic hydroxyl groups is 1. The molecule has 27 heavy (non-hydrogen) atoms. The van der Waals surface area contributed by atoms with Gasteiger partial charge in [-0.3, -0.25) is 4.79 Å². The van der Waals surface area contributed by atoms with E-state index in [-0.39, 0.29) is 16.8 Å². The van der Waals surface area contributed by atoms with Gasteiger partial charge in [0.15, 0.2) is 5.78 Å². The van der Waals surface area contributed by atoms with Crippen LogP contribution in [0.4, 0.5) is 5.69 Å². The number of ketones is 1. The molecule has 5 rings (SSSR count). The first-order chi connectivity index (χ1) is 13.1. The minimum absolute atomic E-state index is 0.0118. The second kappa shape index (κ2) is 6.29. The lowest BCUT2D eigenvalue weighted by molar-refractivity contribution is 0.103. The number of carbonyl (C=O) groups excluding carboxylic acids is 1. The van der Waals surface area contributed by atoms with Gasteiger partial charge in [0.2, 0.25) is 0 Å². The Morgan fingerprint density at radius 3 is 2.56 bits per heavy atom. The van der Waals surface area contributed by atoms with Crippen LogP contribution in [0.5, 0.6) is 5.75 Å². The number of halogens is 1. The monoisotopic (exact) mass is 435 g/mol. The van der Waals surface area contributed by atoms with E-state index in [4.69, 9.17) is 0 Å². The number of carbonyl (C=O) groups is 1. The second-order valence-electron chi connectivity index (χ2n) is 6.49. The number of phenolic OH excluding ortho intramolecular Hbond substituents is 1. The molecule has 1 aliphatic heterocycles. The highest BCUT2D eigenvalue weighted by Gasteiger charge is 2.38. The van der Waals surface area contributed by atoms with Crippen molar-refractivity contribution in [1.82, 2.24) is 0 Å². The molecule has 0 aromatic heterocycles. The molecule has 0 amide bonds. The van der Waals surface area contributed by atoms with Gasteiger partial charge >= 0.3 is 0 Å². The molecule has 0 radical (unpaired) electrons. The third kappa shape index (κ3) is 2.61. The van der Waals surface area contributed by atoms with Crippen molar-refractivity contribution < 1.29 is 9.90 Å². The van der Waals surface area contributed by atoms with E-state index in [9.17, 15) is 9.90 Å². The molecule has 1 heterocycles.